The van der Waals surface area contributed by atoms with E-state index in [-0.39, 0.29) is 23.6 Å². The lowest BCUT2D eigenvalue weighted by atomic mass is 9.88. The number of aromatic amines is 2. The molecular weight excluding hydrogens is 408 g/mol. The molecule has 2 heterocycles. The normalized spacial score (nSPS) is 14.3. The van der Waals surface area contributed by atoms with Crippen molar-refractivity contribution < 1.29 is 14.4 Å². The van der Waals surface area contributed by atoms with Gasteiger partial charge in [0, 0.05) is 42.3 Å². The second-order valence-electron chi connectivity index (χ2n) is 8.14. The summed E-state index contributed by atoms with van der Waals surface area (Å²) >= 11 is 0. The van der Waals surface area contributed by atoms with Gasteiger partial charge in [-0.15, -0.1) is 0 Å². The Bertz CT molecular complexity index is 1130. The van der Waals surface area contributed by atoms with Gasteiger partial charge in [0.15, 0.2) is 0 Å². The fraction of sp³-hybridized carbons (Fsp3) is 0.391. The highest BCUT2D eigenvalue weighted by Gasteiger charge is 2.26. The van der Waals surface area contributed by atoms with Crippen molar-refractivity contribution in [1.29, 1.82) is 0 Å². The number of carbonyl (C=O) groups is 3. The molecule has 4 N–H and O–H groups in total. The Hall–Kier alpha value is -3.62. The highest BCUT2D eigenvalue weighted by molar-refractivity contribution is 6.16. The molecule has 1 aromatic carbocycles. The second kappa shape index (κ2) is 9.25. The number of benzene rings is 1. The lowest BCUT2D eigenvalue weighted by Gasteiger charge is -2.26. The molecule has 9 heteroatoms. The van der Waals surface area contributed by atoms with E-state index in [1.807, 2.05) is 25.1 Å². The van der Waals surface area contributed by atoms with Gasteiger partial charge >= 0.3 is 0 Å². The molecule has 9 nitrogen and oxygen atoms in total. The molecule has 168 valence electrons. The summed E-state index contributed by atoms with van der Waals surface area (Å²) in [5.41, 5.74) is 2.11. The van der Waals surface area contributed by atoms with Crippen LogP contribution in [-0.2, 0) is 4.79 Å². The number of amides is 3. The van der Waals surface area contributed by atoms with Gasteiger partial charge < -0.3 is 20.5 Å². The van der Waals surface area contributed by atoms with Gasteiger partial charge in [-0.3, -0.25) is 19.5 Å². The summed E-state index contributed by atoms with van der Waals surface area (Å²) in [5.74, 6) is -0.200. The van der Waals surface area contributed by atoms with Crippen LogP contribution in [0, 0.1) is 5.92 Å². The van der Waals surface area contributed by atoms with Crippen molar-refractivity contribution in [3.05, 3.63) is 41.7 Å². The summed E-state index contributed by atoms with van der Waals surface area (Å²) in [4.78, 5) is 43.1. The molecule has 1 fully saturated rings. The van der Waals surface area contributed by atoms with Crippen molar-refractivity contribution in [2.24, 2.45) is 5.92 Å². The summed E-state index contributed by atoms with van der Waals surface area (Å²) in [6, 6.07) is 5.48. The minimum atomic E-state index is -0.388. The number of hydrogen-bond acceptors (Lipinski definition) is 4. The molecule has 3 amide bonds. The number of nitrogens with zero attached hydrogens (tertiary/aromatic N) is 2. The summed E-state index contributed by atoms with van der Waals surface area (Å²) in [7, 11) is 1.79. The van der Waals surface area contributed by atoms with Gasteiger partial charge in [-0.25, -0.2) is 0 Å². The first-order valence-corrected chi connectivity index (χ1v) is 11.0. The standard InChI is InChI=1S/C23H28N6O3/c1-3-24-22(31)19-17-10-9-16(29(2)23(32)14-7-5-4-6-8-14)11-18(17)27-20(19)28-21(30)15-12-25-26-13-15/h9-14,27H,3-8H2,1-2H3,(H,24,31)(H,25,26)(H,28,30). The number of rotatable bonds is 6. The monoisotopic (exact) mass is 436 g/mol. The van der Waals surface area contributed by atoms with Gasteiger partial charge in [-0.05, 0) is 38.0 Å². The molecule has 0 saturated heterocycles. The molecule has 1 aliphatic rings. The van der Waals surface area contributed by atoms with Crippen LogP contribution in [0.2, 0.25) is 0 Å². The van der Waals surface area contributed by atoms with Gasteiger partial charge in [-0.1, -0.05) is 19.3 Å². The third-order valence-corrected chi connectivity index (χ3v) is 6.02. The summed E-state index contributed by atoms with van der Waals surface area (Å²) in [6.07, 6.45) is 8.13. The van der Waals surface area contributed by atoms with E-state index >= 15 is 0 Å². The zero-order chi connectivity index (χ0) is 22.7. The van der Waals surface area contributed by atoms with E-state index in [1.54, 1.807) is 11.9 Å². The molecule has 0 atom stereocenters. The Morgan fingerprint density at radius 2 is 1.94 bits per heavy atom. The average Bonchev–Trinajstić information content (AvgIpc) is 3.46. The summed E-state index contributed by atoms with van der Waals surface area (Å²) in [6.45, 7) is 2.29. The zero-order valence-corrected chi connectivity index (χ0v) is 18.3. The van der Waals surface area contributed by atoms with Crippen molar-refractivity contribution >= 4 is 40.1 Å². The van der Waals surface area contributed by atoms with E-state index in [4.69, 9.17) is 0 Å². The van der Waals surface area contributed by atoms with Crippen LogP contribution in [0.3, 0.4) is 0 Å². The maximum absolute atomic E-state index is 13.0. The molecular formula is C23H28N6O3. The van der Waals surface area contributed by atoms with Crippen molar-refractivity contribution in [3.63, 3.8) is 0 Å². The van der Waals surface area contributed by atoms with Crippen LogP contribution in [0.1, 0.15) is 59.7 Å². The largest absolute Gasteiger partial charge is 0.352 e. The molecule has 0 radical (unpaired) electrons. The summed E-state index contributed by atoms with van der Waals surface area (Å²) < 4.78 is 0. The van der Waals surface area contributed by atoms with Crippen LogP contribution in [-0.4, -0.2) is 46.5 Å². The number of fused-ring (bicyclic) bond motifs is 1. The number of nitrogens with one attached hydrogen (secondary N) is 4. The first-order valence-electron chi connectivity index (χ1n) is 11.0. The summed E-state index contributed by atoms with van der Waals surface area (Å²) in [5, 5.41) is 12.6. The van der Waals surface area contributed by atoms with E-state index in [2.05, 4.69) is 25.8 Å². The van der Waals surface area contributed by atoms with Gasteiger partial charge in [0.1, 0.15) is 5.82 Å². The number of aromatic nitrogens is 3. The van der Waals surface area contributed by atoms with Gasteiger partial charge in [0.2, 0.25) is 5.91 Å². The molecule has 3 aromatic rings. The molecule has 2 aromatic heterocycles. The number of hydrogen-bond donors (Lipinski definition) is 4. The van der Waals surface area contributed by atoms with Crippen LogP contribution in [0.15, 0.2) is 30.6 Å². The first-order chi connectivity index (χ1) is 15.5. The number of anilines is 2. The Kier molecular flexibility index (Phi) is 6.25. The fourth-order valence-electron chi connectivity index (χ4n) is 4.28. The minimum absolute atomic E-state index is 0.0591. The molecule has 1 aliphatic carbocycles. The van der Waals surface area contributed by atoms with Crippen LogP contribution in [0.5, 0.6) is 0 Å². The van der Waals surface area contributed by atoms with Crippen LogP contribution >= 0.6 is 0 Å². The molecule has 0 spiro atoms. The van der Waals surface area contributed by atoms with Crippen molar-refractivity contribution in [2.45, 2.75) is 39.0 Å². The first kappa shape index (κ1) is 21.6. The Balaban J connectivity index is 1.67. The lowest BCUT2D eigenvalue weighted by molar-refractivity contribution is -0.123. The lowest BCUT2D eigenvalue weighted by Crippen LogP contribution is -2.33. The van der Waals surface area contributed by atoms with Crippen LogP contribution in [0.4, 0.5) is 11.5 Å². The molecule has 0 aliphatic heterocycles. The maximum atomic E-state index is 13.0. The Labute approximate surface area is 185 Å². The smallest absolute Gasteiger partial charge is 0.259 e. The fourth-order valence-corrected chi connectivity index (χ4v) is 4.28. The topological polar surface area (TPSA) is 123 Å². The van der Waals surface area contributed by atoms with Crippen molar-refractivity contribution in [2.75, 3.05) is 23.8 Å². The van der Waals surface area contributed by atoms with Crippen LogP contribution < -0.4 is 15.5 Å². The van der Waals surface area contributed by atoms with E-state index in [0.29, 0.717) is 34.4 Å². The predicted octanol–water partition coefficient (Wildman–Crippen LogP) is 3.44. The van der Waals surface area contributed by atoms with Gasteiger partial charge in [-0.2, -0.15) is 5.10 Å². The third kappa shape index (κ3) is 4.23. The number of H-pyrrole nitrogens is 2. The van der Waals surface area contributed by atoms with E-state index in [9.17, 15) is 14.4 Å². The quantitative estimate of drug-likeness (QED) is 0.473. The number of carbonyl (C=O) groups excluding carboxylic acids is 3. The predicted molar refractivity (Wildman–Crippen MR) is 123 cm³/mol. The van der Waals surface area contributed by atoms with Gasteiger partial charge in [0.25, 0.3) is 11.8 Å². The SMILES string of the molecule is CCNC(=O)c1c(NC(=O)c2cn[nH]c2)[nH]c2cc(N(C)C(=O)C3CCCCC3)ccc12. The highest BCUT2D eigenvalue weighted by Crippen LogP contribution is 2.32. The van der Waals surface area contributed by atoms with E-state index < -0.39 is 0 Å². The highest BCUT2D eigenvalue weighted by atomic mass is 16.2. The minimum Gasteiger partial charge on any atom is -0.352 e. The maximum Gasteiger partial charge on any atom is 0.259 e. The van der Waals surface area contributed by atoms with Crippen LogP contribution in [0.25, 0.3) is 10.9 Å². The molecule has 0 bridgehead atoms. The van der Waals surface area contributed by atoms with E-state index in [0.717, 1.165) is 31.4 Å². The molecule has 0 unspecified atom stereocenters. The van der Waals surface area contributed by atoms with Gasteiger partial charge in [0.05, 0.1) is 17.3 Å². The van der Waals surface area contributed by atoms with Crippen molar-refractivity contribution in [1.82, 2.24) is 20.5 Å². The van der Waals surface area contributed by atoms with Crippen molar-refractivity contribution in [3.8, 4) is 0 Å². The Morgan fingerprint density at radius 1 is 1.16 bits per heavy atom. The Morgan fingerprint density at radius 3 is 2.62 bits per heavy atom. The molecule has 1 saturated carbocycles. The average molecular weight is 437 g/mol. The molecule has 32 heavy (non-hydrogen) atoms. The second-order valence-corrected chi connectivity index (χ2v) is 8.14. The third-order valence-electron chi connectivity index (χ3n) is 6.02. The zero-order valence-electron chi connectivity index (χ0n) is 18.3. The molecule has 4 rings (SSSR count). The van der Waals surface area contributed by atoms with E-state index in [1.165, 1.54) is 18.8 Å².